The van der Waals surface area contributed by atoms with Crippen molar-refractivity contribution in [3.63, 3.8) is 0 Å². The van der Waals surface area contributed by atoms with Gasteiger partial charge < -0.3 is 20.1 Å². The molecule has 56 heavy (non-hydrogen) atoms. The van der Waals surface area contributed by atoms with Crippen LogP contribution < -0.4 is 29.6 Å². The zero-order chi connectivity index (χ0) is 39.7. The highest BCUT2D eigenvalue weighted by Gasteiger charge is 2.19. The van der Waals surface area contributed by atoms with Gasteiger partial charge in [-0.15, -0.1) is 20.4 Å². The summed E-state index contributed by atoms with van der Waals surface area (Å²) >= 11 is 0. The van der Waals surface area contributed by atoms with Gasteiger partial charge in [-0.2, -0.15) is 0 Å². The van der Waals surface area contributed by atoms with Crippen LogP contribution in [0.5, 0.6) is 11.8 Å². The van der Waals surface area contributed by atoms with E-state index in [9.17, 15) is 26.4 Å². The number of amides is 2. The molecule has 0 aliphatic rings. The number of hydrogen-bond acceptors (Lipinski definition) is 14. The zero-order valence-corrected chi connectivity index (χ0v) is 32.5. The van der Waals surface area contributed by atoms with Crippen molar-refractivity contribution in [3.8, 4) is 11.8 Å². The van der Waals surface area contributed by atoms with E-state index in [2.05, 4.69) is 40.5 Å². The normalized spacial score (nSPS) is 11.2. The second-order valence-corrected chi connectivity index (χ2v) is 16.8. The number of nitrogens with zero attached hydrogens (tertiary/aromatic N) is 4. The Bertz CT molecular complexity index is 2380. The maximum absolute atomic E-state index is 13.4. The third kappa shape index (κ3) is 9.90. The van der Waals surface area contributed by atoms with Crippen molar-refractivity contribution >= 4 is 76.5 Å². The Kier molecular flexibility index (Phi) is 12.3. The first-order chi connectivity index (χ1) is 26.9. The van der Waals surface area contributed by atoms with Crippen LogP contribution in [0, 0.1) is 0 Å². The summed E-state index contributed by atoms with van der Waals surface area (Å²) in [7, 11) is -2.60. The minimum absolute atomic E-state index is 0.00937. The minimum atomic E-state index is -3.99. The molecule has 20 heteroatoms. The number of rotatable bonds is 15. The van der Waals surface area contributed by atoms with E-state index in [0.29, 0.717) is 32.3 Å². The molecule has 4 N–H and O–H groups in total. The largest absolute Gasteiger partial charge is 0.480 e. The quantitative estimate of drug-likeness (QED) is 0.0849. The molecular weight excluding hydrogens is 801 g/mol. The first-order valence-electron chi connectivity index (χ1n) is 16.1. The Labute approximate surface area is 329 Å². The molecule has 286 valence electrons. The number of sulfonamides is 2. The molecule has 0 atom stereocenters. The second-order valence-electron chi connectivity index (χ2n) is 11.2. The van der Waals surface area contributed by atoms with E-state index >= 15 is 0 Å². The van der Waals surface area contributed by atoms with Crippen LogP contribution in [0.1, 0.15) is 20.7 Å². The Balaban J connectivity index is 1.07. The van der Waals surface area contributed by atoms with Gasteiger partial charge in [0.2, 0.25) is 11.8 Å². The van der Waals surface area contributed by atoms with Crippen molar-refractivity contribution in [2.45, 2.75) is 19.6 Å². The number of aromatic nitrogens is 4. The molecule has 6 aromatic rings. The van der Waals surface area contributed by atoms with Gasteiger partial charge in [-0.1, -0.05) is 45.9 Å². The number of carbonyl (C=O) groups is 2. The summed E-state index contributed by atoms with van der Waals surface area (Å²) in [6.45, 7) is 0. The second kappa shape index (κ2) is 17.5. The third-order valence-corrected chi connectivity index (χ3v) is 12.7. The van der Waals surface area contributed by atoms with Gasteiger partial charge in [0.1, 0.15) is 0 Å². The topological polar surface area (TPSA) is 221 Å². The van der Waals surface area contributed by atoms with Crippen molar-refractivity contribution in [2.75, 3.05) is 34.3 Å². The summed E-state index contributed by atoms with van der Waals surface area (Å²) in [5.41, 5.74) is 1.43. The van der Waals surface area contributed by atoms with Gasteiger partial charge in [-0.05, 0) is 84.9 Å². The highest BCUT2D eigenvalue weighted by atomic mass is 33.1. The first-order valence-corrected chi connectivity index (χ1v) is 21.2. The Morgan fingerprint density at radius 2 is 0.875 bits per heavy atom. The fraction of sp³-hybridized carbons (Fsp3) is 0.0556. The molecule has 0 aliphatic carbocycles. The molecule has 0 fully saturated rings. The van der Waals surface area contributed by atoms with Gasteiger partial charge >= 0.3 is 0 Å². The average Bonchev–Trinajstić information content (AvgIpc) is 3.21. The lowest BCUT2D eigenvalue weighted by molar-refractivity contribution is 0.101. The molecule has 0 unspecified atom stereocenters. The fourth-order valence-corrected chi connectivity index (χ4v) is 9.09. The number of methoxy groups -OCH3 is 2. The van der Waals surface area contributed by atoms with E-state index in [1.165, 1.54) is 109 Å². The van der Waals surface area contributed by atoms with Crippen molar-refractivity contribution in [3.05, 3.63) is 132 Å². The molecular formula is C36H30N8O8S4. The number of hydrogen-bond donors (Lipinski definition) is 4. The summed E-state index contributed by atoms with van der Waals surface area (Å²) in [4.78, 5) is 27.9. The molecule has 0 bridgehead atoms. The van der Waals surface area contributed by atoms with Gasteiger partial charge in [-0.25, -0.2) is 16.8 Å². The van der Waals surface area contributed by atoms with Crippen molar-refractivity contribution in [2.24, 2.45) is 0 Å². The van der Waals surface area contributed by atoms with E-state index < -0.39 is 31.9 Å². The average molecular weight is 831 g/mol. The predicted molar refractivity (Wildman–Crippen MR) is 212 cm³/mol. The van der Waals surface area contributed by atoms with Crippen molar-refractivity contribution in [1.29, 1.82) is 0 Å². The number of carbonyl (C=O) groups excluding carboxylic acids is 2. The predicted octanol–water partition coefficient (Wildman–Crippen LogP) is 6.19. The highest BCUT2D eigenvalue weighted by Crippen LogP contribution is 2.41. The Morgan fingerprint density at radius 1 is 0.500 bits per heavy atom. The van der Waals surface area contributed by atoms with Crippen LogP contribution in [-0.4, -0.2) is 63.3 Å². The maximum Gasteiger partial charge on any atom is 0.263 e. The highest BCUT2D eigenvalue weighted by molar-refractivity contribution is 8.76. The number of benzene rings is 4. The molecule has 0 spiro atoms. The Hall–Kier alpha value is -6.22. The molecule has 2 heterocycles. The summed E-state index contributed by atoms with van der Waals surface area (Å²) < 4.78 is 66.0. The molecule has 2 amide bonds. The molecule has 16 nitrogen and oxygen atoms in total. The number of ether oxygens (including phenoxy) is 2. The van der Waals surface area contributed by atoms with Crippen molar-refractivity contribution in [1.82, 2.24) is 20.4 Å². The maximum atomic E-state index is 13.4. The summed E-state index contributed by atoms with van der Waals surface area (Å²) in [5, 5.41) is 20.6. The third-order valence-electron chi connectivity index (χ3n) is 7.51. The fourth-order valence-electron chi connectivity index (χ4n) is 4.74. The van der Waals surface area contributed by atoms with E-state index in [0.717, 1.165) is 0 Å². The lowest BCUT2D eigenvalue weighted by Crippen LogP contribution is -2.15. The molecule has 6 rings (SSSR count). The van der Waals surface area contributed by atoms with Gasteiger partial charge in [0.25, 0.3) is 31.9 Å². The van der Waals surface area contributed by atoms with Crippen LogP contribution in [0.25, 0.3) is 0 Å². The van der Waals surface area contributed by atoms with Crippen LogP contribution in [0.15, 0.2) is 141 Å². The van der Waals surface area contributed by atoms with Crippen LogP contribution in [-0.2, 0) is 20.0 Å². The zero-order valence-electron chi connectivity index (χ0n) is 29.2. The summed E-state index contributed by atoms with van der Waals surface area (Å²) in [5.74, 6) is -0.381. The summed E-state index contributed by atoms with van der Waals surface area (Å²) in [6.07, 6.45) is 0. The molecule has 0 aliphatic heterocycles. The smallest absolute Gasteiger partial charge is 0.263 e. The van der Waals surface area contributed by atoms with E-state index in [1.807, 2.05) is 0 Å². The van der Waals surface area contributed by atoms with Crippen LogP contribution >= 0.6 is 21.6 Å². The van der Waals surface area contributed by atoms with Crippen LogP contribution in [0.4, 0.5) is 23.0 Å². The lowest BCUT2D eigenvalue weighted by Gasteiger charge is -2.12. The van der Waals surface area contributed by atoms with Gasteiger partial charge in [0, 0.05) is 33.3 Å². The minimum Gasteiger partial charge on any atom is -0.480 e. The first kappa shape index (κ1) is 39.5. The van der Waals surface area contributed by atoms with Gasteiger partial charge in [0.15, 0.2) is 11.6 Å². The standard InChI is InChI=1S/C36H30N8O8S4/c1-51-33-21-19-31(39-41-33)43-55(47,48)25-15-11-23(12-16-25)37-35(45)27-7-3-5-9-29(27)53-54-30-10-6-4-8-28(30)36(46)38-24-13-17-26(18-14-24)56(49,50)44-32-20-22-34(52-2)42-40-32/h3-22H,1-2H3,(H,37,45)(H,38,46)(H,39,43)(H,40,44). The number of nitrogens with one attached hydrogen (secondary N) is 4. The molecule has 4 aromatic carbocycles. The lowest BCUT2D eigenvalue weighted by atomic mass is 10.2. The Morgan fingerprint density at radius 3 is 1.21 bits per heavy atom. The SMILES string of the molecule is COc1ccc(NS(=O)(=O)c2ccc(NC(=O)c3ccccc3SSc3ccccc3C(=O)Nc3ccc(S(=O)(=O)Nc4ccc(OC)nn4)cc3)cc2)nn1. The van der Waals surface area contributed by atoms with Gasteiger partial charge in [0.05, 0.1) is 35.1 Å². The molecule has 0 radical (unpaired) electrons. The molecule has 2 aromatic heterocycles. The number of anilines is 4. The molecule has 0 saturated heterocycles. The van der Waals surface area contributed by atoms with E-state index in [4.69, 9.17) is 9.47 Å². The monoisotopic (exact) mass is 830 g/mol. The summed E-state index contributed by atoms with van der Waals surface area (Å²) in [6, 6.07) is 30.8. The molecule has 0 saturated carbocycles. The van der Waals surface area contributed by atoms with E-state index in [-0.39, 0.29) is 33.2 Å². The van der Waals surface area contributed by atoms with Crippen molar-refractivity contribution < 1.29 is 35.9 Å². The van der Waals surface area contributed by atoms with Crippen LogP contribution in [0.2, 0.25) is 0 Å². The van der Waals surface area contributed by atoms with Gasteiger partial charge in [-0.3, -0.25) is 19.0 Å². The van der Waals surface area contributed by atoms with E-state index in [1.54, 1.807) is 48.5 Å². The van der Waals surface area contributed by atoms with Crippen LogP contribution in [0.3, 0.4) is 0 Å².